The molecule has 0 aliphatic carbocycles. The van der Waals surface area contributed by atoms with E-state index in [-0.39, 0.29) is 5.82 Å². The van der Waals surface area contributed by atoms with Gasteiger partial charge in [-0.2, -0.15) is 0 Å². The number of hydrogen-bond acceptors (Lipinski definition) is 3. The smallest absolute Gasteiger partial charge is 0.196 e. The summed E-state index contributed by atoms with van der Waals surface area (Å²) in [6.45, 7) is 6.27. The van der Waals surface area contributed by atoms with Crippen LogP contribution in [-0.2, 0) is 6.42 Å². The topological polar surface area (TPSA) is 29.3 Å². The molecule has 0 amide bonds. The minimum absolute atomic E-state index is 0.350. The average Bonchev–Trinajstić information content (AvgIpc) is 3.18. The molecule has 2 heterocycles. The number of hydrogen-bond donors (Lipinski definition) is 1. The summed E-state index contributed by atoms with van der Waals surface area (Å²) >= 11 is 7.95. The Kier molecular flexibility index (Phi) is 4.66. The fraction of sp³-hybridized carbons (Fsp3) is 0.190. The van der Waals surface area contributed by atoms with Crippen LogP contribution in [0, 0.1) is 19.7 Å². The van der Waals surface area contributed by atoms with Crippen LogP contribution in [0.3, 0.4) is 0 Å². The van der Waals surface area contributed by atoms with E-state index in [1.165, 1.54) is 17.8 Å². The molecule has 0 saturated carbocycles. The molecule has 27 heavy (non-hydrogen) atoms. The summed E-state index contributed by atoms with van der Waals surface area (Å²) < 4.78 is 15.7. The highest BCUT2D eigenvalue weighted by Gasteiger charge is 2.21. The normalized spacial score (nSPS) is 11.3. The van der Waals surface area contributed by atoms with Gasteiger partial charge in [-0.05, 0) is 49.6 Å². The van der Waals surface area contributed by atoms with Crippen LogP contribution in [0.2, 0.25) is 5.02 Å². The standard InChI is InChI=1S/C21H19ClFN3S/c1-4-15-11-27-21-25-19(16-9-8-14(23)10-17(16)22)20(26(15)21)24-18-12(2)6-5-7-13(18)3/h5-11,24H,4H2,1-3H3. The van der Waals surface area contributed by atoms with E-state index in [1.807, 2.05) is 6.07 Å². The molecule has 1 N–H and O–H groups in total. The molecule has 4 rings (SSSR count). The zero-order chi connectivity index (χ0) is 19.1. The molecule has 0 unspecified atom stereocenters. The van der Waals surface area contributed by atoms with E-state index in [2.05, 4.69) is 48.0 Å². The van der Waals surface area contributed by atoms with Gasteiger partial charge in [0.2, 0.25) is 0 Å². The van der Waals surface area contributed by atoms with Crippen LogP contribution >= 0.6 is 22.9 Å². The van der Waals surface area contributed by atoms with Crippen molar-refractivity contribution < 1.29 is 4.39 Å². The molecule has 0 aliphatic rings. The van der Waals surface area contributed by atoms with Crippen LogP contribution in [0.4, 0.5) is 15.9 Å². The predicted molar refractivity (Wildman–Crippen MR) is 112 cm³/mol. The Morgan fingerprint density at radius 3 is 2.59 bits per heavy atom. The number of fused-ring (bicyclic) bond motifs is 1. The maximum atomic E-state index is 13.6. The molecular formula is C21H19ClFN3S. The molecule has 0 spiro atoms. The Morgan fingerprint density at radius 2 is 1.93 bits per heavy atom. The monoisotopic (exact) mass is 399 g/mol. The molecule has 2 aromatic heterocycles. The first-order valence-electron chi connectivity index (χ1n) is 8.77. The Balaban J connectivity index is 1.97. The first-order chi connectivity index (χ1) is 13.0. The molecule has 0 bridgehead atoms. The molecule has 138 valence electrons. The molecule has 0 saturated heterocycles. The number of rotatable bonds is 4. The lowest BCUT2D eigenvalue weighted by atomic mass is 10.1. The van der Waals surface area contributed by atoms with Gasteiger partial charge in [0.05, 0.1) is 5.02 Å². The lowest BCUT2D eigenvalue weighted by Crippen LogP contribution is -2.02. The number of para-hydroxylation sites is 1. The second-order valence-corrected chi connectivity index (χ2v) is 7.77. The molecule has 0 atom stereocenters. The van der Waals surface area contributed by atoms with Gasteiger partial charge in [-0.1, -0.05) is 36.7 Å². The summed E-state index contributed by atoms with van der Waals surface area (Å²) in [5, 5.41) is 6.06. The maximum Gasteiger partial charge on any atom is 0.196 e. The molecule has 6 heteroatoms. The van der Waals surface area contributed by atoms with Gasteiger partial charge in [-0.15, -0.1) is 11.3 Å². The summed E-state index contributed by atoms with van der Waals surface area (Å²) in [5.74, 6) is 0.497. The van der Waals surface area contributed by atoms with E-state index in [1.54, 1.807) is 17.4 Å². The third-order valence-corrected chi connectivity index (χ3v) is 5.89. The summed E-state index contributed by atoms with van der Waals surface area (Å²) in [4.78, 5) is 5.69. The highest BCUT2D eigenvalue weighted by atomic mass is 35.5. The maximum absolute atomic E-state index is 13.6. The Bertz CT molecular complexity index is 1130. The van der Waals surface area contributed by atoms with Gasteiger partial charge in [0.25, 0.3) is 0 Å². The molecule has 0 aliphatic heterocycles. The van der Waals surface area contributed by atoms with Crippen LogP contribution in [0.1, 0.15) is 23.7 Å². The Morgan fingerprint density at radius 1 is 1.19 bits per heavy atom. The number of anilines is 2. The quantitative estimate of drug-likeness (QED) is 0.410. The van der Waals surface area contributed by atoms with E-state index >= 15 is 0 Å². The van der Waals surface area contributed by atoms with Crippen molar-refractivity contribution in [2.45, 2.75) is 27.2 Å². The third kappa shape index (κ3) is 3.11. The van der Waals surface area contributed by atoms with Crippen molar-refractivity contribution in [3.63, 3.8) is 0 Å². The number of halogens is 2. The fourth-order valence-electron chi connectivity index (χ4n) is 3.27. The molecule has 0 fully saturated rings. The third-order valence-electron chi connectivity index (χ3n) is 4.71. The zero-order valence-electron chi connectivity index (χ0n) is 15.3. The summed E-state index contributed by atoms with van der Waals surface area (Å²) in [6.07, 6.45) is 0.883. The van der Waals surface area contributed by atoms with Crippen molar-refractivity contribution in [1.29, 1.82) is 0 Å². The molecular weight excluding hydrogens is 381 g/mol. The van der Waals surface area contributed by atoms with E-state index in [9.17, 15) is 4.39 Å². The van der Waals surface area contributed by atoms with E-state index in [0.717, 1.165) is 39.7 Å². The number of imidazole rings is 1. The highest BCUT2D eigenvalue weighted by Crippen LogP contribution is 2.38. The van der Waals surface area contributed by atoms with Crippen molar-refractivity contribution in [1.82, 2.24) is 9.38 Å². The SMILES string of the molecule is CCc1csc2nc(-c3ccc(F)cc3Cl)c(Nc3c(C)cccc3C)n12. The zero-order valence-corrected chi connectivity index (χ0v) is 16.9. The van der Waals surface area contributed by atoms with Gasteiger partial charge in [-0.3, -0.25) is 4.40 Å². The number of aromatic nitrogens is 2. The van der Waals surface area contributed by atoms with Crippen LogP contribution < -0.4 is 5.32 Å². The van der Waals surface area contributed by atoms with Gasteiger partial charge < -0.3 is 5.32 Å². The minimum atomic E-state index is -0.358. The van der Waals surface area contributed by atoms with Crippen LogP contribution in [0.25, 0.3) is 16.2 Å². The highest BCUT2D eigenvalue weighted by molar-refractivity contribution is 7.15. The van der Waals surface area contributed by atoms with Crippen LogP contribution in [-0.4, -0.2) is 9.38 Å². The number of nitrogens with one attached hydrogen (secondary N) is 1. The average molecular weight is 400 g/mol. The second kappa shape index (κ2) is 6.98. The van der Waals surface area contributed by atoms with Crippen molar-refractivity contribution in [2.24, 2.45) is 0 Å². The first-order valence-corrected chi connectivity index (χ1v) is 10.0. The summed E-state index contributed by atoms with van der Waals surface area (Å²) in [5.41, 5.74) is 5.95. The molecule has 0 radical (unpaired) electrons. The number of aryl methyl sites for hydroxylation is 3. The van der Waals surface area contributed by atoms with Gasteiger partial charge >= 0.3 is 0 Å². The second-order valence-electron chi connectivity index (χ2n) is 6.52. The molecule has 2 aromatic carbocycles. The van der Waals surface area contributed by atoms with Crippen molar-refractivity contribution in [3.8, 4) is 11.3 Å². The van der Waals surface area contributed by atoms with Crippen molar-refractivity contribution in [2.75, 3.05) is 5.32 Å². The van der Waals surface area contributed by atoms with E-state index < -0.39 is 0 Å². The number of nitrogens with zero attached hydrogens (tertiary/aromatic N) is 2. The van der Waals surface area contributed by atoms with Crippen LogP contribution in [0.15, 0.2) is 41.8 Å². The summed E-state index contributed by atoms with van der Waals surface area (Å²) in [7, 11) is 0. The lowest BCUT2D eigenvalue weighted by molar-refractivity contribution is 0.628. The molecule has 4 aromatic rings. The minimum Gasteiger partial charge on any atom is -0.339 e. The Hall–Kier alpha value is -2.37. The molecule has 3 nitrogen and oxygen atoms in total. The van der Waals surface area contributed by atoms with Crippen molar-refractivity contribution >= 4 is 39.4 Å². The largest absolute Gasteiger partial charge is 0.339 e. The van der Waals surface area contributed by atoms with Gasteiger partial charge in [-0.25, -0.2) is 9.37 Å². The Labute approximate surface area is 166 Å². The lowest BCUT2D eigenvalue weighted by Gasteiger charge is -2.15. The first kappa shape index (κ1) is 18.0. The number of benzene rings is 2. The summed E-state index contributed by atoms with van der Waals surface area (Å²) in [6, 6.07) is 10.6. The van der Waals surface area contributed by atoms with Crippen LogP contribution in [0.5, 0.6) is 0 Å². The van der Waals surface area contributed by atoms with Gasteiger partial charge in [0.15, 0.2) is 4.96 Å². The van der Waals surface area contributed by atoms with Gasteiger partial charge in [0.1, 0.15) is 17.3 Å². The van der Waals surface area contributed by atoms with Crippen molar-refractivity contribution in [3.05, 3.63) is 69.4 Å². The van der Waals surface area contributed by atoms with E-state index in [4.69, 9.17) is 16.6 Å². The predicted octanol–water partition coefficient (Wildman–Crippen LogP) is 6.78. The number of thiazole rings is 1. The fourth-order valence-corrected chi connectivity index (χ4v) is 4.50. The van der Waals surface area contributed by atoms with Gasteiger partial charge in [0, 0.05) is 22.3 Å². The van der Waals surface area contributed by atoms with E-state index in [0.29, 0.717) is 10.6 Å².